The molecule has 0 saturated carbocycles. The van der Waals surface area contributed by atoms with Gasteiger partial charge in [0.1, 0.15) is 24.7 Å². The van der Waals surface area contributed by atoms with Gasteiger partial charge in [0.2, 0.25) is 0 Å². The monoisotopic (exact) mass is 625 g/mol. The lowest BCUT2D eigenvalue weighted by molar-refractivity contribution is -0.165. The van der Waals surface area contributed by atoms with E-state index < -0.39 is 23.4 Å². The molecule has 11 heteroatoms. The third-order valence-electron chi connectivity index (χ3n) is 8.00. The van der Waals surface area contributed by atoms with E-state index in [9.17, 15) is 24.3 Å². The summed E-state index contributed by atoms with van der Waals surface area (Å²) in [4.78, 5) is 51.0. The first-order valence-corrected chi connectivity index (χ1v) is 15.2. The van der Waals surface area contributed by atoms with Gasteiger partial charge in [0.25, 0.3) is 0 Å². The van der Waals surface area contributed by atoms with E-state index in [0.29, 0.717) is 48.7 Å². The number of nitrogens with zero attached hydrogens (tertiary/aromatic N) is 1. The number of anilines is 2. The van der Waals surface area contributed by atoms with Crippen LogP contribution in [0.2, 0.25) is 0 Å². The molecule has 1 aliphatic rings. The van der Waals surface area contributed by atoms with Crippen molar-refractivity contribution in [3.8, 4) is 11.5 Å². The molecular weight excluding hydrogens is 578 g/mol. The molecular formula is C34H47N3O8. The number of benzene rings is 2. The molecule has 0 bridgehead atoms. The van der Waals surface area contributed by atoms with Crippen LogP contribution in [-0.2, 0) is 19.1 Å². The van der Waals surface area contributed by atoms with Gasteiger partial charge in [0.05, 0.1) is 11.3 Å². The zero-order chi connectivity index (χ0) is 33.4. The number of hydrogen-bond donors (Lipinski definition) is 3. The van der Waals surface area contributed by atoms with Crippen LogP contribution in [0.25, 0.3) is 0 Å². The Morgan fingerprint density at radius 2 is 1.44 bits per heavy atom. The smallest absolute Gasteiger partial charge is 0.411 e. The summed E-state index contributed by atoms with van der Waals surface area (Å²) in [6.45, 7) is 14.7. The van der Waals surface area contributed by atoms with Crippen LogP contribution in [0.1, 0.15) is 67.7 Å². The quantitative estimate of drug-likeness (QED) is 0.183. The number of urea groups is 1. The number of ether oxygens (including phenoxy) is 3. The largest absolute Gasteiger partial charge is 0.481 e. The Morgan fingerprint density at radius 1 is 0.867 bits per heavy atom. The van der Waals surface area contributed by atoms with Gasteiger partial charge in [-0.25, -0.2) is 9.59 Å². The fourth-order valence-corrected chi connectivity index (χ4v) is 5.26. The molecule has 2 atom stereocenters. The summed E-state index contributed by atoms with van der Waals surface area (Å²) in [7, 11) is 0. The number of carbonyl (C=O) groups excluding carboxylic acids is 3. The molecule has 2 aromatic carbocycles. The van der Waals surface area contributed by atoms with Crippen molar-refractivity contribution >= 4 is 35.4 Å². The van der Waals surface area contributed by atoms with E-state index in [1.165, 1.54) is 4.90 Å². The standard InChI is InChI=1S/C34H47N3O8/c1-32(2,3)22-34(7,33(4,5)6)29(40)43-17-18-44-31(42)36-25-13-9-15-27(20-25)45-26-14-8-12-24(19-26)35-30(41)37-16-10-11-23(21-37)28(38)39/h8-9,12-15,19-20,23H,10-11,16-18,21-22H2,1-7H3,(H,35,41)(H,36,42)(H,38,39). The van der Waals surface area contributed by atoms with Crippen molar-refractivity contribution in [2.75, 3.05) is 36.9 Å². The van der Waals surface area contributed by atoms with Crippen LogP contribution in [0, 0.1) is 22.2 Å². The van der Waals surface area contributed by atoms with Gasteiger partial charge in [-0.05, 0) is 61.3 Å². The number of carboxylic acids is 1. The Kier molecular flexibility index (Phi) is 11.5. The van der Waals surface area contributed by atoms with Crippen molar-refractivity contribution in [1.82, 2.24) is 4.90 Å². The van der Waals surface area contributed by atoms with Crippen LogP contribution in [0.5, 0.6) is 11.5 Å². The van der Waals surface area contributed by atoms with Crippen LogP contribution in [-0.4, -0.2) is 60.4 Å². The highest BCUT2D eigenvalue weighted by Crippen LogP contribution is 2.47. The number of carboxylic acid groups (broad SMARTS) is 1. The zero-order valence-electron chi connectivity index (χ0n) is 27.4. The first-order valence-electron chi connectivity index (χ1n) is 15.2. The Balaban J connectivity index is 1.50. The third-order valence-corrected chi connectivity index (χ3v) is 8.00. The van der Waals surface area contributed by atoms with Crippen LogP contribution < -0.4 is 15.4 Å². The number of hydrogen-bond acceptors (Lipinski definition) is 7. The molecule has 2 unspecified atom stereocenters. The molecule has 2 aromatic rings. The topological polar surface area (TPSA) is 144 Å². The van der Waals surface area contributed by atoms with Gasteiger partial charge < -0.3 is 29.5 Å². The molecule has 3 N–H and O–H groups in total. The summed E-state index contributed by atoms with van der Waals surface area (Å²) in [5, 5.41) is 14.7. The Labute approximate surface area is 265 Å². The summed E-state index contributed by atoms with van der Waals surface area (Å²) in [5.41, 5.74) is -0.176. The van der Waals surface area contributed by atoms with Gasteiger partial charge in [-0.2, -0.15) is 0 Å². The summed E-state index contributed by atoms with van der Waals surface area (Å²) in [6, 6.07) is 13.1. The van der Waals surface area contributed by atoms with E-state index >= 15 is 0 Å². The molecule has 0 aliphatic carbocycles. The van der Waals surface area contributed by atoms with Crippen LogP contribution in [0.4, 0.5) is 21.0 Å². The lowest BCUT2D eigenvalue weighted by Crippen LogP contribution is -2.44. The predicted molar refractivity (Wildman–Crippen MR) is 171 cm³/mol. The lowest BCUT2D eigenvalue weighted by Gasteiger charge is -2.43. The first kappa shape index (κ1) is 35.2. The number of amides is 3. The van der Waals surface area contributed by atoms with Gasteiger partial charge in [0, 0.05) is 36.6 Å². The molecule has 1 heterocycles. The highest BCUT2D eigenvalue weighted by Gasteiger charge is 2.47. The van der Waals surface area contributed by atoms with Crippen molar-refractivity contribution in [3.63, 3.8) is 0 Å². The molecule has 1 fully saturated rings. The number of aliphatic carboxylic acids is 1. The highest BCUT2D eigenvalue weighted by atomic mass is 16.6. The zero-order valence-corrected chi connectivity index (χ0v) is 27.4. The lowest BCUT2D eigenvalue weighted by atomic mass is 9.61. The van der Waals surface area contributed by atoms with E-state index in [1.54, 1.807) is 48.5 Å². The minimum atomic E-state index is -0.899. The minimum absolute atomic E-state index is 0.0595. The second kappa shape index (κ2) is 14.7. The number of piperidine rings is 1. The summed E-state index contributed by atoms with van der Waals surface area (Å²) < 4.78 is 16.7. The molecule has 11 nitrogen and oxygen atoms in total. The van der Waals surface area contributed by atoms with Gasteiger partial charge >= 0.3 is 24.1 Å². The maximum absolute atomic E-state index is 13.1. The third kappa shape index (κ3) is 10.4. The first-order chi connectivity index (χ1) is 21.0. The van der Waals surface area contributed by atoms with Crippen molar-refractivity contribution < 1.29 is 38.5 Å². The van der Waals surface area contributed by atoms with Crippen LogP contribution in [0.3, 0.4) is 0 Å². The number of rotatable bonds is 10. The van der Waals surface area contributed by atoms with Gasteiger partial charge in [0.15, 0.2) is 0 Å². The molecule has 0 radical (unpaired) electrons. The van der Waals surface area contributed by atoms with Crippen molar-refractivity contribution in [2.45, 2.75) is 67.7 Å². The maximum atomic E-state index is 13.1. The molecule has 246 valence electrons. The van der Waals surface area contributed by atoms with E-state index in [0.717, 1.165) is 0 Å². The fraction of sp³-hybridized carbons (Fsp3) is 0.529. The Hall–Kier alpha value is -4.28. The van der Waals surface area contributed by atoms with E-state index in [4.69, 9.17) is 14.2 Å². The molecule has 0 spiro atoms. The molecule has 45 heavy (non-hydrogen) atoms. The molecule has 3 amide bonds. The van der Waals surface area contributed by atoms with Gasteiger partial charge in [-0.1, -0.05) is 53.7 Å². The van der Waals surface area contributed by atoms with E-state index in [-0.39, 0.29) is 42.6 Å². The second-order valence-corrected chi connectivity index (χ2v) is 13.9. The maximum Gasteiger partial charge on any atom is 0.411 e. The molecule has 0 aromatic heterocycles. The van der Waals surface area contributed by atoms with Crippen LogP contribution in [0.15, 0.2) is 48.5 Å². The highest BCUT2D eigenvalue weighted by molar-refractivity contribution is 5.90. The summed E-state index contributed by atoms with van der Waals surface area (Å²) >= 11 is 0. The number of nitrogens with one attached hydrogen (secondary N) is 2. The van der Waals surface area contributed by atoms with E-state index in [2.05, 4.69) is 31.4 Å². The summed E-state index contributed by atoms with van der Waals surface area (Å²) in [6.07, 6.45) is 1.13. The number of carbonyl (C=O) groups is 4. The Bertz CT molecular complexity index is 1360. The molecule has 1 saturated heterocycles. The predicted octanol–water partition coefficient (Wildman–Crippen LogP) is 7.39. The fourth-order valence-electron chi connectivity index (χ4n) is 5.26. The van der Waals surface area contributed by atoms with Crippen molar-refractivity contribution in [2.24, 2.45) is 22.2 Å². The normalized spacial score (nSPS) is 16.6. The average Bonchev–Trinajstić information content (AvgIpc) is 2.94. The SMILES string of the molecule is CC(C)(C)CC(C)(C(=O)OCCOC(=O)Nc1cccc(Oc2cccc(NC(=O)N3CCCC(C(=O)O)C3)c2)c1)C(C)(C)C. The molecule has 3 rings (SSSR count). The van der Waals surface area contributed by atoms with Gasteiger partial charge in [-0.15, -0.1) is 0 Å². The second-order valence-electron chi connectivity index (χ2n) is 13.9. The number of likely N-dealkylation sites (tertiary alicyclic amines) is 1. The van der Waals surface area contributed by atoms with E-state index in [1.807, 2.05) is 27.7 Å². The molecule has 1 aliphatic heterocycles. The van der Waals surface area contributed by atoms with Gasteiger partial charge in [-0.3, -0.25) is 14.9 Å². The number of esters is 1. The Morgan fingerprint density at radius 3 is 2.00 bits per heavy atom. The average molecular weight is 626 g/mol. The van der Waals surface area contributed by atoms with Crippen LogP contribution >= 0.6 is 0 Å². The minimum Gasteiger partial charge on any atom is -0.481 e. The van der Waals surface area contributed by atoms with Crippen molar-refractivity contribution in [3.05, 3.63) is 48.5 Å². The summed E-state index contributed by atoms with van der Waals surface area (Å²) in [5.74, 6) is -0.899. The van der Waals surface area contributed by atoms with Crippen molar-refractivity contribution in [1.29, 1.82) is 0 Å².